The Hall–Kier alpha value is -0.0800. The predicted octanol–water partition coefficient (Wildman–Crippen LogP) is 2.35. The van der Waals surface area contributed by atoms with Crippen molar-refractivity contribution < 1.29 is 0 Å². The molecule has 1 rings (SSSR count). The minimum Gasteiger partial charge on any atom is -0.316 e. The molecule has 1 fully saturated rings. The van der Waals surface area contributed by atoms with E-state index in [-0.39, 0.29) is 0 Å². The van der Waals surface area contributed by atoms with Crippen molar-refractivity contribution >= 4 is 0 Å². The van der Waals surface area contributed by atoms with Gasteiger partial charge in [0.25, 0.3) is 0 Å². The second kappa shape index (κ2) is 7.24. The van der Waals surface area contributed by atoms with Crippen LogP contribution in [-0.2, 0) is 0 Å². The number of hydrogen-bond acceptors (Lipinski definition) is 2. The normalized spacial score (nSPS) is 21.8. The summed E-state index contributed by atoms with van der Waals surface area (Å²) >= 11 is 0. The van der Waals surface area contributed by atoms with Gasteiger partial charge in [-0.25, -0.2) is 0 Å². The Morgan fingerprint density at radius 1 is 1.33 bits per heavy atom. The molecule has 0 aliphatic carbocycles. The number of nitrogens with one attached hydrogen (secondary N) is 1. The lowest BCUT2D eigenvalue weighted by atomic mass is 10.0. The first-order valence-electron chi connectivity index (χ1n) is 6.57. The third-order valence-electron chi connectivity index (χ3n) is 3.40. The zero-order valence-corrected chi connectivity index (χ0v) is 10.8. The van der Waals surface area contributed by atoms with Crippen molar-refractivity contribution in [2.24, 2.45) is 11.8 Å². The number of nitrogens with zero attached hydrogens (tertiary/aromatic N) is 1. The summed E-state index contributed by atoms with van der Waals surface area (Å²) in [6.45, 7) is 9.66. The van der Waals surface area contributed by atoms with Crippen molar-refractivity contribution in [2.45, 2.75) is 39.5 Å². The predicted molar refractivity (Wildman–Crippen MR) is 67.2 cm³/mol. The molecule has 1 aliphatic rings. The van der Waals surface area contributed by atoms with Crippen LogP contribution in [0.3, 0.4) is 0 Å². The molecule has 1 unspecified atom stereocenters. The van der Waals surface area contributed by atoms with Gasteiger partial charge >= 0.3 is 0 Å². The van der Waals surface area contributed by atoms with Crippen molar-refractivity contribution in [2.75, 3.05) is 33.2 Å². The first-order chi connectivity index (χ1) is 7.18. The monoisotopic (exact) mass is 212 g/mol. The topological polar surface area (TPSA) is 15.3 Å². The van der Waals surface area contributed by atoms with E-state index in [4.69, 9.17) is 0 Å². The molecule has 0 aromatic rings. The van der Waals surface area contributed by atoms with Crippen LogP contribution in [0.1, 0.15) is 39.5 Å². The average molecular weight is 212 g/mol. The maximum atomic E-state index is 3.44. The van der Waals surface area contributed by atoms with E-state index >= 15 is 0 Å². The molecule has 15 heavy (non-hydrogen) atoms. The molecule has 2 nitrogen and oxygen atoms in total. The van der Waals surface area contributed by atoms with Gasteiger partial charge in [0, 0.05) is 0 Å². The van der Waals surface area contributed by atoms with Crippen molar-refractivity contribution in [1.29, 1.82) is 0 Å². The van der Waals surface area contributed by atoms with Crippen LogP contribution in [-0.4, -0.2) is 38.1 Å². The molecule has 1 aliphatic heterocycles. The van der Waals surface area contributed by atoms with Crippen molar-refractivity contribution in [3.8, 4) is 0 Å². The lowest BCUT2D eigenvalue weighted by molar-refractivity contribution is 0.296. The zero-order valence-electron chi connectivity index (χ0n) is 10.8. The summed E-state index contributed by atoms with van der Waals surface area (Å²) in [5.41, 5.74) is 0. The minimum atomic E-state index is 0.839. The van der Waals surface area contributed by atoms with Crippen LogP contribution in [0.5, 0.6) is 0 Å². The van der Waals surface area contributed by atoms with Crippen LogP contribution in [0.4, 0.5) is 0 Å². The Morgan fingerprint density at radius 3 is 2.73 bits per heavy atom. The Bertz CT molecular complexity index is 151. The quantitative estimate of drug-likeness (QED) is 0.697. The van der Waals surface area contributed by atoms with Gasteiger partial charge in [-0.3, -0.25) is 0 Å². The molecule has 1 atom stereocenters. The van der Waals surface area contributed by atoms with Gasteiger partial charge in [-0.15, -0.1) is 0 Å². The van der Waals surface area contributed by atoms with E-state index in [1.807, 2.05) is 0 Å². The number of hydrogen-bond donors (Lipinski definition) is 1. The molecule has 0 aromatic carbocycles. The van der Waals surface area contributed by atoms with Crippen LogP contribution >= 0.6 is 0 Å². The van der Waals surface area contributed by atoms with Crippen LogP contribution in [0.15, 0.2) is 0 Å². The summed E-state index contributed by atoms with van der Waals surface area (Å²) in [5.74, 6) is 1.80. The Morgan fingerprint density at radius 2 is 2.13 bits per heavy atom. The SMILES string of the molecule is CC(C)CCN(C)CCCC1CCNC1. The number of rotatable bonds is 7. The smallest absolute Gasteiger partial charge is 0.00194 e. The highest BCUT2D eigenvalue weighted by atomic mass is 15.1. The first-order valence-corrected chi connectivity index (χ1v) is 6.57. The fraction of sp³-hybridized carbons (Fsp3) is 1.00. The summed E-state index contributed by atoms with van der Waals surface area (Å²) < 4.78 is 0. The van der Waals surface area contributed by atoms with Gasteiger partial charge in [0.2, 0.25) is 0 Å². The summed E-state index contributed by atoms with van der Waals surface area (Å²) in [5, 5.41) is 3.44. The Balaban J connectivity index is 1.93. The molecule has 0 bridgehead atoms. The molecule has 0 amide bonds. The van der Waals surface area contributed by atoms with Crippen LogP contribution in [0.2, 0.25) is 0 Å². The standard InChI is InChI=1S/C13H28N2/c1-12(2)7-10-15(3)9-4-5-13-6-8-14-11-13/h12-14H,4-11H2,1-3H3. The second-order valence-corrected chi connectivity index (χ2v) is 5.49. The van der Waals surface area contributed by atoms with Gasteiger partial charge in [-0.05, 0) is 70.7 Å². The van der Waals surface area contributed by atoms with E-state index in [9.17, 15) is 0 Å². The van der Waals surface area contributed by atoms with Gasteiger partial charge < -0.3 is 10.2 Å². The summed E-state index contributed by atoms with van der Waals surface area (Å²) in [7, 11) is 2.26. The third kappa shape index (κ3) is 6.16. The molecule has 1 heterocycles. The average Bonchev–Trinajstić information content (AvgIpc) is 2.67. The van der Waals surface area contributed by atoms with Crippen LogP contribution < -0.4 is 5.32 Å². The van der Waals surface area contributed by atoms with Gasteiger partial charge in [-0.2, -0.15) is 0 Å². The van der Waals surface area contributed by atoms with E-state index < -0.39 is 0 Å². The van der Waals surface area contributed by atoms with Crippen molar-refractivity contribution in [3.05, 3.63) is 0 Å². The van der Waals surface area contributed by atoms with Gasteiger partial charge in [0.1, 0.15) is 0 Å². The molecule has 0 radical (unpaired) electrons. The first kappa shape index (κ1) is 13.0. The maximum absolute atomic E-state index is 3.44. The van der Waals surface area contributed by atoms with E-state index in [0.717, 1.165) is 11.8 Å². The molecular weight excluding hydrogens is 184 g/mol. The molecule has 0 saturated carbocycles. The molecule has 90 valence electrons. The molecule has 1 N–H and O–H groups in total. The van der Waals surface area contributed by atoms with Crippen LogP contribution in [0.25, 0.3) is 0 Å². The fourth-order valence-electron chi connectivity index (χ4n) is 2.20. The molecule has 0 aromatic heterocycles. The second-order valence-electron chi connectivity index (χ2n) is 5.49. The summed E-state index contributed by atoms with van der Waals surface area (Å²) in [6, 6.07) is 0. The molecule has 1 saturated heterocycles. The Kier molecular flexibility index (Phi) is 6.26. The Labute approximate surface area is 95.4 Å². The van der Waals surface area contributed by atoms with Crippen LogP contribution in [0, 0.1) is 11.8 Å². The highest BCUT2D eigenvalue weighted by molar-refractivity contribution is 4.71. The maximum Gasteiger partial charge on any atom is -0.00194 e. The van der Waals surface area contributed by atoms with Crippen molar-refractivity contribution in [3.63, 3.8) is 0 Å². The van der Waals surface area contributed by atoms with Gasteiger partial charge in [0.15, 0.2) is 0 Å². The highest BCUT2D eigenvalue weighted by Gasteiger charge is 2.13. The molecular formula is C13H28N2. The lowest BCUT2D eigenvalue weighted by Gasteiger charge is -2.18. The summed E-state index contributed by atoms with van der Waals surface area (Å²) in [6.07, 6.45) is 5.52. The highest BCUT2D eigenvalue weighted by Crippen LogP contribution is 2.14. The largest absolute Gasteiger partial charge is 0.316 e. The van der Waals surface area contributed by atoms with E-state index in [1.165, 1.54) is 51.9 Å². The summed E-state index contributed by atoms with van der Waals surface area (Å²) in [4.78, 5) is 2.49. The van der Waals surface area contributed by atoms with E-state index in [0.29, 0.717) is 0 Å². The van der Waals surface area contributed by atoms with Gasteiger partial charge in [0.05, 0.1) is 0 Å². The van der Waals surface area contributed by atoms with Gasteiger partial charge in [-0.1, -0.05) is 13.8 Å². The van der Waals surface area contributed by atoms with Crippen molar-refractivity contribution in [1.82, 2.24) is 10.2 Å². The fourth-order valence-corrected chi connectivity index (χ4v) is 2.20. The zero-order chi connectivity index (χ0) is 11.1. The minimum absolute atomic E-state index is 0.839. The van der Waals surface area contributed by atoms with E-state index in [1.54, 1.807) is 0 Å². The van der Waals surface area contributed by atoms with E-state index in [2.05, 4.69) is 31.1 Å². The third-order valence-corrected chi connectivity index (χ3v) is 3.40. The lowest BCUT2D eigenvalue weighted by Crippen LogP contribution is -2.22. The molecule has 0 spiro atoms. The molecule has 2 heteroatoms.